The van der Waals surface area contributed by atoms with Gasteiger partial charge < -0.3 is 24.7 Å². The van der Waals surface area contributed by atoms with Gasteiger partial charge in [-0.15, -0.1) is 0 Å². The minimum atomic E-state index is 0.0999. The lowest BCUT2D eigenvalue weighted by Crippen LogP contribution is -2.06. The maximum absolute atomic E-state index is 9.54. The number of aromatic hydroxyl groups is 1. The summed E-state index contributed by atoms with van der Waals surface area (Å²) in [5.41, 5.74) is 4.80. The van der Waals surface area contributed by atoms with E-state index in [1.807, 2.05) is 18.2 Å². The topological polar surface area (TPSA) is 72.3 Å². The zero-order valence-corrected chi connectivity index (χ0v) is 13.4. The highest BCUT2D eigenvalue weighted by Gasteiger charge is 2.04. The van der Waals surface area contributed by atoms with Gasteiger partial charge in [0.15, 0.2) is 23.0 Å². The first-order valence-electron chi connectivity index (χ1n) is 7.01. The van der Waals surface area contributed by atoms with Crippen LogP contribution in [0.3, 0.4) is 0 Å². The fourth-order valence-corrected chi connectivity index (χ4v) is 2.02. The average Bonchev–Trinajstić information content (AvgIpc) is 2.59. The number of hydrogen-bond acceptors (Lipinski definition) is 6. The van der Waals surface area contributed by atoms with Gasteiger partial charge in [0.1, 0.15) is 0 Å². The highest BCUT2D eigenvalue weighted by Crippen LogP contribution is 2.27. The van der Waals surface area contributed by atoms with Crippen LogP contribution in [0.15, 0.2) is 41.5 Å². The number of phenolic OH excluding ortho intramolecular Hbond substituents is 1. The molecule has 0 radical (unpaired) electrons. The molecule has 2 aromatic carbocycles. The summed E-state index contributed by atoms with van der Waals surface area (Å²) in [6.07, 6.45) is 1.66. The molecule has 0 bridgehead atoms. The van der Waals surface area contributed by atoms with Gasteiger partial charge in [0, 0.05) is 0 Å². The molecule has 0 spiro atoms. The summed E-state index contributed by atoms with van der Waals surface area (Å²) < 4.78 is 15.5. The van der Waals surface area contributed by atoms with E-state index in [0.717, 1.165) is 11.1 Å². The van der Waals surface area contributed by atoms with Crippen LogP contribution in [0, 0.1) is 0 Å². The smallest absolute Gasteiger partial charge is 0.161 e. The molecule has 0 aromatic heterocycles. The Morgan fingerprint density at radius 3 is 2.39 bits per heavy atom. The van der Waals surface area contributed by atoms with E-state index in [9.17, 15) is 5.11 Å². The second kappa shape index (κ2) is 7.93. The van der Waals surface area contributed by atoms with Crippen molar-refractivity contribution in [3.05, 3.63) is 47.5 Å². The number of hydrazone groups is 1. The SMILES string of the molecule is COc1cc(/C=N\NCc2ccc(OC)c(OC)c2)ccc1O. The molecule has 0 aliphatic carbocycles. The van der Waals surface area contributed by atoms with Gasteiger partial charge in [-0.1, -0.05) is 6.07 Å². The number of phenols is 1. The van der Waals surface area contributed by atoms with Crippen molar-refractivity contribution in [2.24, 2.45) is 5.10 Å². The van der Waals surface area contributed by atoms with Crippen LogP contribution in [0.5, 0.6) is 23.0 Å². The molecule has 0 aliphatic rings. The van der Waals surface area contributed by atoms with E-state index in [4.69, 9.17) is 14.2 Å². The van der Waals surface area contributed by atoms with Crippen LogP contribution in [0.1, 0.15) is 11.1 Å². The Hall–Kier alpha value is -2.89. The second-order valence-electron chi connectivity index (χ2n) is 4.71. The first kappa shape index (κ1) is 16.5. The average molecular weight is 316 g/mol. The molecular weight excluding hydrogens is 296 g/mol. The molecular formula is C17H20N2O4. The molecule has 23 heavy (non-hydrogen) atoms. The van der Waals surface area contributed by atoms with E-state index >= 15 is 0 Å². The third-order valence-corrected chi connectivity index (χ3v) is 3.24. The van der Waals surface area contributed by atoms with E-state index in [-0.39, 0.29) is 5.75 Å². The van der Waals surface area contributed by atoms with Crippen LogP contribution < -0.4 is 19.6 Å². The molecule has 2 N–H and O–H groups in total. The summed E-state index contributed by atoms with van der Waals surface area (Å²) in [7, 11) is 4.71. The maximum Gasteiger partial charge on any atom is 0.161 e. The van der Waals surface area contributed by atoms with Crippen LogP contribution in [0.25, 0.3) is 0 Å². The summed E-state index contributed by atoms with van der Waals surface area (Å²) in [5.74, 6) is 1.88. The fourth-order valence-electron chi connectivity index (χ4n) is 2.02. The van der Waals surface area contributed by atoms with Crippen molar-refractivity contribution in [3.8, 4) is 23.0 Å². The number of hydrogen-bond donors (Lipinski definition) is 2. The van der Waals surface area contributed by atoms with Crippen LogP contribution in [-0.2, 0) is 6.54 Å². The molecule has 0 fully saturated rings. The summed E-state index contributed by atoms with van der Waals surface area (Å²) in [6, 6.07) is 10.7. The van der Waals surface area contributed by atoms with Gasteiger partial charge in [0.25, 0.3) is 0 Å². The highest BCUT2D eigenvalue weighted by molar-refractivity contribution is 5.80. The van der Waals surface area contributed by atoms with E-state index in [2.05, 4.69) is 10.5 Å². The largest absolute Gasteiger partial charge is 0.504 e. The standard InChI is InChI=1S/C17H20N2O4/c1-21-15-7-5-13(9-17(15)23-3)11-19-18-10-12-4-6-14(20)16(8-12)22-2/h4-10,19-20H,11H2,1-3H3/b18-10-. The summed E-state index contributed by atoms with van der Waals surface area (Å²) in [6.45, 7) is 0.548. The molecule has 0 unspecified atom stereocenters. The van der Waals surface area contributed by atoms with E-state index in [0.29, 0.717) is 23.8 Å². The first-order valence-corrected chi connectivity index (χ1v) is 7.01. The molecule has 2 aromatic rings. The predicted molar refractivity (Wildman–Crippen MR) is 88.6 cm³/mol. The monoisotopic (exact) mass is 316 g/mol. The number of nitrogens with one attached hydrogen (secondary N) is 1. The van der Waals surface area contributed by atoms with Crippen LogP contribution in [-0.4, -0.2) is 32.7 Å². The number of ether oxygens (including phenoxy) is 3. The van der Waals surface area contributed by atoms with Gasteiger partial charge in [0.05, 0.1) is 34.1 Å². The third-order valence-electron chi connectivity index (χ3n) is 3.24. The first-order chi connectivity index (χ1) is 11.2. The Bertz CT molecular complexity index is 686. The lowest BCUT2D eigenvalue weighted by Gasteiger charge is -2.09. The molecule has 2 rings (SSSR count). The van der Waals surface area contributed by atoms with Crippen molar-refractivity contribution < 1.29 is 19.3 Å². The van der Waals surface area contributed by atoms with Gasteiger partial charge in [-0.05, 0) is 41.5 Å². The van der Waals surface area contributed by atoms with Crippen molar-refractivity contribution >= 4 is 6.21 Å². The quantitative estimate of drug-likeness (QED) is 0.607. The Morgan fingerprint density at radius 2 is 1.70 bits per heavy atom. The van der Waals surface area contributed by atoms with E-state index in [1.165, 1.54) is 7.11 Å². The highest BCUT2D eigenvalue weighted by atomic mass is 16.5. The summed E-state index contributed by atoms with van der Waals surface area (Å²) in [4.78, 5) is 0. The number of benzene rings is 2. The van der Waals surface area contributed by atoms with Gasteiger partial charge in [-0.3, -0.25) is 0 Å². The third kappa shape index (κ3) is 4.29. The van der Waals surface area contributed by atoms with Crippen LogP contribution in [0.2, 0.25) is 0 Å². The summed E-state index contributed by atoms with van der Waals surface area (Å²) in [5, 5.41) is 13.7. The number of methoxy groups -OCH3 is 3. The molecule has 0 saturated carbocycles. The van der Waals surface area contributed by atoms with Crippen LogP contribution in [0.4, 0.5) is 0 Å². The van der Waals surface area contributed by atoms with E-state index in [1.54, 1.807) is 38.6 Å². The molecule has 0 atom stereocenters. The number of rotatable bonds is 7. The van der Waals surface area contributed by atoms with Crippen LogP contribution >= 0.6 is 0 Å². The van der Waals surface area contributed by atoms with Crippen molar-refractivity contribution in [3.63, 3.8) is 0 Å². The van der Waals surface area contributed by atoms with Gasteiger partial charge in [-0.2, -0.15) is 5.10 Å². The van der Waals surface area contributed by atoms with Crippen molar-refractivity contribution in [1.29, 1.82) is 0 Å². The molecule has 0 heterocycles. The molecule has 0 saturated heterocycles. The Morgan fingerprint density at radius 1 is 0.957 bits per heavy atom. The van der Waals surface area contributed by atoms with Gasteiger partial charge in [-0.25, -0.2) is 0 Å². The lowest BCUT2D eigenvalue weighted by atomic mass is 10.2. The summed E-state index contributed by atoms with van der Waals surface area (Å²) >= 11 is 0. The predicted octanol–water partition coefficient (Wildman–Crippen LogP) is 2.54. The molecule has 6 heteroatoms. The van der Waals surface area contributed by atoms with Crippen molar-refractivity contribution in [2.45, 2.75) is 6.54 Å². The Balaban J connectivity index is 1.96. The fraction of sp³-hybridized carbons (Fsp3) is 0.235. The normalized spacial score (nSPS) is 10.6. The minimum absolute atomic E-state index is 0.0999. The van der Waals surface area contributed by atoms with Gasteiger partial charge in [0.2, 0.25) is 0 Å². The molecule has 122 valence electrons. The van der Waals surface area contributed by atoms with Crippen molar-refractivity contribution in [1.82, 2.24) is 5.43 Å². The van der Waals surface area contributed by atoms with Gasteiger partial charge >= 0.3 is 0 Å². The lowest BCUT2D eigenvalue weighted by molar-refractivity contribution is 0.354. The molecule has 6 nitrogen and oxygen atoms in total. The second-order valence-corrected chi connectivity index (χ2v) is 4.71. The minimum Gasteiger partial charge on any atom is -0.504 e. The molecule has 0 aliphatic heterocycles. The molecule has 0 amide bonds. The zero-order chi connectivity index (χ0) is 16.7. The Kier molecular flexibility index (Phi) is 5.68. The van der Waals surface area contributed by atoms with E-state index < -0.39 is 0 Å². The zero-order valence-electron chi connectivity index (χ0n) is 13.4. The number of nitrogens with zero attached hydrogens (tertiary/aromatic N) is 1. The maximum atomic E-state index is 9.54. The Labute approximate surface area is 135 Å². The van der Waals surface area contributed by atoms with Crippen molar-refractivity contribution in [2.75, 3.05) is 21.3 Å².